The van der Waals surface area contributed by atoms with Crippen LogP contribution >= 0.6 is 0 Å². The molecule has 31 heavy (non-hydrogen) atoms. The zero-order valence-electron chi connectivity index (χ0n) is 17.3. The van der Waals surface area contributed by atoms with Gasteiger partial charge in [-0.05, 0) is 18.6 Å². The lowest BCUT2D eigenvalue weighted by atomic mass is 10.1. The Morgan fingerprint density at radius 3 is 3.03 bits per heavy atom. The molecule has 5 rings (SSSR count). The molecule has 1 aliphatic rings. The third kappa shape index (κ3) is 3.11. The third-order valence-corrected chi connectivity index (χ3v) is 5.79. The van der Waals surface area contributed by atoms with Crippen molar-refractivity contribution in [1.29, 1.82) is 0 Å². The monoisotopic (exact) mass is 421 g/mol. The van der Waals surface area contributed by atoms with Gasteiger partial charge in [-0.2, -0.15) is 9.61 Å². The van der Waals surface area contributed by atoms with E-state index in [-0.39, 0.29) is 17.7 Å². The van der Waals surface area contributed by atoms with Gasteiger partial charge in [0.1, 0.15) is 23.1 Å². The van der Waals surface area contributed by atoms with Crippen LogP contribution in [0.1, 0.15) is 22.8 Å². The number of amides is 1. The first kappa shape index (κ1) is 19.5. The van der Waals surface area contributed by atoms with Gasteiger partial charge < -0.3 is 25.1 Å². The number of nitrogens with zero attached hydrogens (tertiary/aromatic N) is 5. The minimum absolute atomic E-state index is 0.0705. The average molecular weight is 421 g/mol. The number of ether oxygens (including phenoxy) is 2. The van der Waals surface area contributed by atoms with Gasteiger partial charge in [-0.15, -0.1) is 0 Å². The van der Waals surface area contributed by atoms with Crippen LogP contribution in [0.4, 0.5) is 5.82 Å². The second kappa shape index (κ2) is 7.64. The van der Waals surface area contributed by atoms with E-state index in [1.54, 1.807) is 24.9 Å². The second-order valence-electron chi connectivity index (χ2n) is 7.46. The minimum atomic E-state index is -0.573. The maximum atomic E-state index is 11.9. The van der Waals surface area contributed by atoms with Crippen LogP contribution in [0, 0.1) is 0 Å². The summed E-state index contributed by atoms with van der Waals surface area (Å²) < 4.78 is 15.0. The van der Waals surface area contributed by atoms with Crippen molar-refractivity contribution in [3.8, 4) is 11.3 Å². The van der Waals surface area contributed by atoms with Gasteiger partial charge in [-0.1, -0.05) is 0 Å². The van der Waals surface area contributed by atoms with Crippen LogP contribution in [0.15, 0.2) is 36.8 Å². The summed E-state index contributed by atoms with van der Waals surface area (Å²) in [6, 6.07) is 5.91. The normalized spacial score (nSPS) is 19.2. The molecule has 0 spiro atoms. The van der Waals surface area contributed by atoms with Crippen molar-refractivity contribution >= 4 is 28.4 Å². The molecule has 3 N–H and O–H groups in total. The lowest BCUT2D eigenvalue weighted by Gasteiger charge is -2.31. The highest BCUT2D eigenvalue weighted by molar-refractivity contribution is 6.00. The molecule has 0 bridgehead atoms. The molecule has 0 aromatic carbocycles. The topological polar surface area (TPSA) is 122 Å². The number of hydrogen-bond acceptors (Lipinski definition) is 7. The number of nitrogens with one attached hydrogen (secondary N) is 1. The number of primary amides is 1. The summed E-state index contributed by atoms with van der Waals surface area (Å²) in [6.07, 6.45) is 6.02. The lowest BCUT2D eigenvalue weighted by molar-refractivity contribution is -0.0592. The first-order chi connectivity index (χ1) is 15.1. The van der Waals surface area contributed by atoms with Gasteiger partial charge in [0.25, 0.3) is 5.91 Å². The number of fused-ring (bicyclic) bond motifs is 2. The Balaban J connectivity index is 1.73. The number of pyridine rings is 1. The Hall–Kier alpha value is -3.50. The van der Waals surface area contributed by atoms with Gasteiger partial charge in [0.05, 0.1) is 24.5 Å². The quantitative estimate of drug-likeness (QED) is 0.504. The number of carbonyl (C=O) groups is 1. The molecule has 10 nitrogen and oxygen atoms in total. The molecule has 160 valence electrons. The van der Waals surface area contributed by atoms with Gasteiger partial charge in [0.2, 0.25) is 0 Å². The van der Waals surface area contributed by atoms with Crippen molar-refractivity contribution in [2.45, 2.75) is 18.6 Å². The Morgan fingerprint density at radius 1 is 1.39 bits per heavy atom. The van der Waals surface area contributed by atoms with Crippen LogP contribution in [0.3, 0.4) is 0 Å². The number of nitrogens with two attached hydrogens (primary N) is 1. The van der Waals surface area contributed by atoms with Crippen molar-refractivity contribution in [1.82, 2.24) is 24.1 Å². The molecular formula is C21H23N7O3. The first-order valence-corrected chi connectivity index (χ1v) is 10.0. The number of hydrogen-bond donors (Lipinski definition) is 2. The van der Waals surface area contributed by atoms with Crippen LogP contribution in [0.2, 0.25) is 0 Å². The molecule has 1 amide bonds. The molecule has 4 aromatic rings. The molecule has 0 radical (unpaired) electrons. The van der Waals surface area contributed by atoms with Crippen molar-refractivity contribution < 1.29 is 14.3 Å². The van der Waals surface area contributed by atoms with E-state index >= 15 is 0 Å². The maximum absolute atomic E-state index is 11.9. The van der Waals surface area contributed by atoms with E-state index in [4.69, 9.17) is 20.2 Å². The van der Waals surface area contributed by atoms with Crippen LogP contribution in [-0.4, -0.2) is 63.5 Å². The fourth-order valence-corrected chi connectivity index (χ4v) is 4.24. The molecule has 1 aliphatic heterocycles. The number of methoxy groups -OCH3 is 1. The molecule has 1 fully saturated rings. The van der Waals surface area contributed by atoms with Crippen LogP contribution in [0.25, 0.3) is 27.9 Å². The van der Waals surface area contributed by atoms with Gasteiger partial charge in [-0.25, -0.2) is 9.97 Å². The molecule has 4 aromatic heterocycles. The molecule has 2 unspecified atom stereocenters. The van der Waals surface area contributed by atoms with Crippen LogP contribution < -0.4 is 11.1 Å². The van der Waals surface area contributed by atoms with Crippen LogP contribution in [-0.2, 0) is 9.47 Å². The maximum Gasteiger partial charge on any atom is 0.254 e. The molecule has 2 atom stereocenters. The predicted molar refractivity (Wildman–Crippen MR) is 115 cm³/mol. The largest absolute Gasteiger partial charge is 0.379 e. The zero-order valence-corrected chi connectivity index (χ0v) is 17.3. The predicted octanol–water partition coefficient (Wildman–Crippen LogP) is 1.86. The van der Waals surface area contributed by atoms with E-state index in [1.165, 1.54) is 6.20 Å². The van der Waals surface area contributed by atoms with Gasteiger partial charge in [0, 0.05) is 50.2 Å². The van der Waals surface area contributed by atoms with Crippen molar-refractivity contribution in [3.63, 3.8) is 0 Å². The fraction of sp³-hybridized carbons (Fsp3) is 0.333. The second-order valence-corrected chi connectivity index (χ2v) is 7.46. The third-order valence-electron chi connectivity index (χ3n) is 5.79. The molecule has 0 aliphatic carbocycles. The number of aromatic nitrogens is 5. The van der Waals surface area contributed by atoms with E-state index in [2.05, 4.69) is 26.2 Å². The van der Waals surface area contributed by atoms with E-state index < -0.39 is 5.91 Å². The average Bonchev–Trinajstić information content (AvgIpc) is 3.40. The SMILES string of the molecule is CNc1cc(-c2cn(C3CCOCC3OC)c3ncccc23)nc2c(C(N)=O)cnn12. The van der Waals surface area contributed by atoms with E-state index in [9.17, 15) is 4.79 Å². The molecule has 1 saturated heterocycles. The number of anilines is 1. The Kier molecular flexibility index (Phi) is 4.79. The van der Waals surface area contributed by atoms with Crippen LogP contribution in [0.5, 0.6) is 0 Å². The van der Waals surface area contributed by atoms with Crippen molar-refractivity contribution in [3.05, 3.63) is 42.4 Å². The molecular weight excluding hydrogens is 398 g/mol. The van der Waals surface area contributed by atoms with Gasteiger partial charge >= 0.3 is 0 Å². The summed E-state index contributed by atoms with van der Waals surface area (Å²) in [4.78, 5) is 21.3. The Bertz CT molecular complexity index is 1280. The van der Waals surface area contributed by atoms with Gasteiger partial charge in [0.15, 0.2) is 5.65 Å². The summed E-state index contributed by atoms with van der Waals surface area (Å²) >= 11 is 0. The zero-order chi connectivity index (χ0) is 21.5. The highest BCUT2D eigenvalue weighted by Crippen LogP contribution is 2.35. The summed E-state index contributed by atoms with van der Waals surface area (Å²) in [5, 5.41) is 8.33. The summed E-state index contributed by atoms with van der Waals surface area (Å²) in [7, 11) is 3.49. The molecule has 0 saturated carbocycles. The number of rotatable bonds is 5. The summed E-state index contributed by atoms with van der Waals surface area (Å²) in [6.45, 7) is 1.20. The van der Waals surface area contributed by atoms with E-state index in [1.807, 2.05) is 18.2 Å². The number of carbonyl (C=O) groups excluding carboxylic acids is 1. The van der Waals surface area contributed by atoms with E-state index in [0.29, 0.717) is 30.4 Å². The fourth-order valence-electron chi connectivity index (χ4n) is 4.24. The molecule has 10 heteroatoms. The van der Waals surface area contributed by atoms with Gasteiger partial charge in [-0.3, -0.25) is 4.79 Å². The smallest absolute Gasteiger partial charge is 0.254 e. The highest BCUT2D eigenvalue weighted by Gasteiger charge is 2.29. The Morgan fingerprint density at radius 2 is 2.26 bits per heavy atom. The standard InChI is InChI=1S/C21H23N7O3/c1-23-18-8-15(26-21-13(19(22)29)9-25-28(18)21)14-10-27(20-12(14)4-3-6-24-20)16-5-7-31-11-17(16)30-2/h3-4,6,8-10,16-17,23H,5,7,11H2,1-2H3,(H2,22,29). The highest BCUT2D eigenvalue weighted by atomic mass is 16.5. The molecule has 5 heterocycles. The Labute approximate surface area is 178 Å². The lowest BCUT2D eigenvalue weighted by Crippen LogP contribution is -2.35. The summed E-state index contributed by atoms with van der Waals surface area (Å²) in [5.74, 6) is 0.120. The first-order valence-electron chi connectivity index (χ1n) is 10.0. The minimum Gasteiger partial charge on any atom is -0.379 e. The van der Waals surface area contributed by atoms with Crippen molar-refractivity contribution in [2.75, 3.05) is 32.7 Å². The van der Waals surface area contributed by atoms with Crippen molar-refractivity contribution in [2.24, 2.45) is 5.73 Å². The summed E-state index contributed by atoms with van der Waals surface area (Å²) in [5.41, 5.74) is 8.65. The van der Waals surface area contributed by atoms with E-state index in [0.717, 1.165) is 23.0 Å².